The number of benzene rings is 2. The molecule has 1 aliphatic carbocycles. The largest absolute Gasteiger partial charge is 0.497 e. The lowest BCUT2D eigenvalue weighted by atomic mass is 9.96. The Bertz CT molecular complexity index is 838. The van der Waals surface area contributed by atoms with E-state index in [9.17, 15) is 8.42 Å². The van der Waals surface area contributed by atoms with Crippen LogP contribution in [0.4, 0.5) is 5.69 Å². The molecule has 0 atom stereocenters. The van der Waals surface area contributed by atoms with Crippen LogP contribution in [0.25, 0.3) is 0 Å². The lowest BCUT2D eigenvalue weighted by molar-refractivity contribution is 0.412. The van der Waals surface area contributed by atoms with Crippen LogP contribution in [0.1, 0.15) is 37.7 Å². The fourth-order valence-corrected chi connectivity index (χ4v) is 4.36. The van der Waals surface area contributed by atoms with Gasteiger partial charge in [0.05, 0.1) is 17.7 Å². The van der Waals surface area contributed by atoms with Crippen molar-refractivity contribution in [3.05, 3.63) is 54.1 Å². The number of hydrogen-bond acceptors (Lipinski definition) is 4. The Labute approximate surface area is 155 Å². The zero-order chi connectivity index (χ0) is 18.4. The van der Waals surface area contributed by atoms with E-state index in [-0.39, 0.29) is 10.9 Å². The maximum absolute atomic E-state index is 12.5. The third-order valence-electron chi connectivity index (χ3n) is 4.55. The van der Waals surface area contributed by atoms with E-state index < -0.39 is 10.0 Å². The summed E-state index contributed by atoms with van der Waals surface area (Å²) >= 11 is 0. The van der Waals surface area contributed by atoms with E-state index in [1.165, 1.54) is 6.42 Å². The van der Waals surface area contributed by atoms with Crippen molar-refractivity contribution in [2.75, 3.05) is 7.11 Å². The molecule has 1 saturated carbocycles. The Balaban J connectivity index is 1.66. The van der Waals surface area contributed by atoms with Gasteiger partial charge < -0.3 is 4.74 Å². The number of nitrogens with one attached hydrogen (secondary N) is 1. The van der Waals surface area contributed by atoms with Crippen LogP contribution >= 0.6 is 0 Å². The smallest absolute Gasteiger partial charge is 0.240 e. The van der Waals surface area contributed by atoms with Crippen LogP contribution < -0.4 is 9.46 Å². The van der Waals surface area contributed by atoms with Gasteiger partial charge in [0.25, 0.3) is 0 Å². The summed E-state index contributed by atoms with van der Waals surface area (Å²) in [6, 6.07) is 14.3. The molecule has 0 amide bonds. The number of sulfonamides is 1. The van der Waals surface area contributed by atoms with Gasteiger partial charge in [-0.2, -0.15) is 0 Å². The molecule has 2 aromatic rings. The number of aliphatic imine (C=N–C) groups is 1. The van der Waals surface area contributed by atoms with Crippen LogP contribution in [0, 0.1) is 0 Å². The third-order valence-corrected chi connectivity index (χ3v) is 6.09. The SMILES string of the molecule is COc1ccc(C=Nc2ccc(S(=O)(=O)NC3CCCCC3)cc2)cc1. The predicted molar refractivity (Wildman–Crippen MR) is 104 cm³/mol. The van der Waals surface area contributed by atoms with Crippen LogP contribution in [0.2, 0.25) is 0 Å². The van der Waals surface area contributed by atoms with E-state index in [4.69, 9.17) is 4.74 Å². The minimum Gasteiger partial charge on any atom is -0.497 e. The third kappa shape index (κ3) is 4.93. The molecule has 0 bridgehead atoms. The second-order valence-corrected chi connectivity index (χ2v) is 8.20. The van der Waals surface area contributed by atoms with E-state index in [0.29, 0.717) is 5.69 Å². The normalized spacial score (nSPS) is 16.0. The number of ether oxygens (including phenoxy) is 1. The average Bonchev–Trinajstić information content (AvgIpc) is 2.67. The first-order valence-electron chi connectivity index (χ1n) is 8.87. The van der Waals surface area contributed by atoms with Crippen molar-refractivity contribution < 1.29 is 13.2 Å². The van der Waals surface area contributed by atoms with Gasteiger partial charge in [0.1, 0.15) is 5.75 Å². The maximum atomic E-state index is 12.5. The van der Waals surface area contributed by atoms with Crippen LogP contribution in [0.3, 0.4) is 0 Å². The highest BCUT2D eigenvalue weighted by molar-refractivity contribution is 7.89. The molecule has 2 aromatic carbocycles. The van der Waals surface area contributed by atoms with Gasteiger partial charge in [-0.25, -0.2) is 13.1 Å². The van der Waals surface area contributed by atoms with Crippen molar-refractivity contribution >= 4 is 21.9 Å². The molecule has 26 heavy (non-hydrogen) atoms. The molecule has 1 N–H and O–H groups in total. The molecule has 0 heterocycles. The Morgan fingerprint density at radius 1 is 1.00 bits per heavy atom. The summed E-state index contributed by atoms with van der Waals surface area (Å²) in [5, 5.41) is 0. The van der Waals surface area contributed by atoms with E-state index in [1.54, 1.807) is 37.6 Å². The van der Waals surface area contributed by atoms with Gasteiger partial charge in [-0.3, -0.25) is 4.99 Å². The Morgan fingerprint density at radius 2 is 1.65 bits per heavy atom. The first-order chi connectivity index (χ1) is 12.6. The van der Waals surface area contributed by atoms with Gasteiger partial charge in [-0.05, 0) is 66.9 Å². The molecule has 138 valence electrons. The van der Waals surface area contributed by atoms with E-state index in [1.807, 2.05) is 24.3 Å². The lowest BCUT2D eigenvalue weighted by Crippen LogP contribution is -2.36. The second kappa shape index (κ2) is 8.47. The van der Waals surface area contributed by atoms with Gasteiger partial charge >= 0.3 is 0 Å². The standard InChI is InChI=1S/C20H24N2O3S/c1-25-19-11-7-16(8-12-19)15-21-17-9-13-20(14-10-17)26(23,24)22-18-5-3-2-4-6-18/h7-15,18,22H,2-6H2,1H3. The number of nitrogens with zero attached hydrogens (tertiary/aromatic N) is 1. The van der Waals surface area contributed by atoms with Gasteiger partial charge in [0, 0.05) is 12.3 Å². The van der Waals surface area contributed by atoms with Gasteiger partial charge in [0.2, 0.25) is 10.0 Å². The first-order valence-corrected chi connectivity index (χ1v) is 10.4. The van der Waals surface area contributed by atoms with Crippen LogP contribution in [-0.4, -0.2) is 27.8 Å². The van der Waals surface area contributed by atoms with Crippen LogP contribution in [0.5, 0.6) is 5.75 Å². The topological polar surface area (TPSA) is 67.8 Å². The molecule has 1 fully saturated rings. The first kappa shape index (κ1) is 18.6. The highest BCUT2D eigenvalue weighted by atomic mass is 32.2. The van der Waals surface area contributed by atoms with Crippen LogP contribution in [-0.2, 0) is 10.0 Å². The molecule has 0 unspecified atom stereocenters. The molecule has 0 spiro atoms. The highest BCUT2D eigenvalue weighted by Crippen LogP contribution is 2.21. The van der Waals surface area contributed by atoms with E-state index >= 15 is 0 Å². The fraction of sp³-hybridized carbons (Fsp3) is 0.350. The molecule has 5 nitrogen and oxygen atoms in total. The van der Waals surface area contributed by atoms with E-state index in [2.05, 4.69) is 9.71 Å². The van der Waals surface area contributed by atoms with Crippen molar-refractivity contribution in [1.29, 1.82) is 0 Å². The van der Waals surface area contributed by atoms with Gasteiger partial charge in [-0.1, -0.05) is 19.3 Å². The zero-order valence-electron chi connectivity index (χ0n) is 14.9. The predicted octanol–water partition coefficient (Wildman–Crippen LogP) is 4.06. The van der Waals surface area contributed by atoms with Crippen molar-refractivity contribution in [1.82, 2.24) is 4.72 Å². The summed E-state index contributed by atoms with van der Waals surface area (Å²) in [5.41, 5.74) is 1.65. The summed E-state index contributed by atoms with van der Waals surface area (Å²) in [4.78, 5) is 4.67. The minimum absolute atomic E-state index is 0.0570. The second-order valence-electron chi connectivity index (χ2n) is 6.48. The quantitative estimate of drug-likeness (QED) is 0.778. The number of rotatable bonds is 6. The van der Waals surface area contributed by atoms with Crippen molar-refractivity contribution in [3.8, 4) is 5.75 Å². The van der Waals surface area contributed by atoms with Crippen LogP contribution in [0.15, 0.2) is 58.4 Å². The summed E-state index contributed by atoms with van der Waals surface area (Å²) in [7, 11) is -1.84. The summed E-state index contributed by atoms with van der Waals surface area (Å²) in [6.45, 7) is 0. The van der Waals surface area contributed by atoms with Gasteiger partial charge in [0.15, 0.2) is 0 Å². The molecule has 0 aromatic heterocycles. The molecule has 3 rings (SSSR count). The van der Waals surface area contributed by atoms with Crippen molar-refractivity contribution in [3.63, 3.8) is 0 Å². The summed E-state index contributed by atoms with van der Waals surface area (Å²) in [6.07, 6.45) is 6.95. The lowest BCUT2D eigenvalue weighted by Gasteiger charge is -2.22. The average molecular weight is 372 g/mol. The molecular formula is C20H24N2O3S. The molecule has 1 aliphatic rings. The molecule has 0 radical (unpaired) electrons. The zero-order valence-corrected chi connectivity index (χ0v) is 15.7. The monoisotopic (exact) mass is 372 g/mol. The van der Waals surface area contributed by atoms with E-state index in [0.717, 1.165) is 37.0 Å². The minimum atomic E-state index is -3.47. The van der Waals surface area contributed by atoms with Crippen molar-refractivity contribution in [2.45, 2.75) is 43.0 Å². The fourth-order valence-electron chi connectivity index (χ4n) is 3.06. The molecule has 6 heteroatoms. The van der Waals surface area contributed by atoms with Crippen molar-refractivity contribution in [2.24, 2.45) is 4.99 Å². The Hall–Kier alpha value is -2.18. The Kier molecular flexibility index (Phi) is 6.06. The molecular weight excluding hydrogens is 348 g/mol. The summed E-state index contributed by atoms with van der Waals surface area (Å²) in [5.74, 6) is 0.794. The number of methoxy groups -OCH3 is 1. The van der Waals surface area contributed by atoms with Gasteiger partial charge in [-0.15, -0.1) is 0 Å². The maximum Gasteiger partial charge on any atom is 0.240 e. The summed E-state index contributed by atoms with van der Waals surface area (Å²) < 4.78 is 32.9. The Morgan fingerprint density at radius 3 is 2.27 bits per heavy atom. The molecule has 0 saturated heterocycles. The number of hydrogen-bond donors (Lipinski definition) is 1. The highest BCUT2D eigenvalue weighted by Gasteiger charge is 2.21. The molecule has 0 aliphatic heterocycles.